The number of pyridine rings is 1. The van der Waals surface area contributed by atoms with Gasteiger partial charge in [0.05, 0.1) is 5.56 Å². The van der Waals surface area contributed by atoms with Crippen molar-refractivity contribution in [1.82, 2.24) is 20.3 Å². The van der Waals surface area contributed by atoms with Crippen LogP contribution in [0, 0.1) is 0 Å². The molecule has 1 saturated heterocycles. The van der Waals surface area contributed by atoms with Crippen molar-refractivity contribution < 1.29 is 18.0 Å². The van der Waals surface area contributed by atoms with Crippen LogP contribution in [-0.2, 0) is 6.18 Å². The molecule has 4 N–H and O–H groups in total. The highest BCUT2D eigenvalue weighted by molar-refractivity contribution is 5.94. The van der Waals surface area contributed by atoms with Crippen LogP contribution < -0.4 is 21.3 Å². The maximum Gasteiger partial charge on any atom is 0.419 e. The number of piperidine rings is 1. The Morgan fingerprint density at radius 1 is 0.949 bits per heavy atom. The van der Waals surface area contributed by atoms with Gasteiger partial charge in [0.2, 0.25) is 11.9 Å². The topological polar surface area (TPSA) is 109 Å². The van der Waals surface area contributed by atoms with Gasteiger partial charge in [-0.25, -0.2) is 15.0 Å². The van der Waals surface area contributed by atoms with E-state index >= 15 is 0 Å². The molecule has 8 nitrogen and oxygen atoms in total. The van der Waals surface area contributed by atoms with Crippen molar-refractivity contribution in [3.05, 3.63) is 66.1 Å². The van der Waals surface area contributed by atoms with Gasteiger partial charge in [0.15, 0.2) is 0 Å². The van der Waals surface area contributed by atoms with Gasteiger partial charge < -0.3 is 21.3 Å². The molecule has 0 radical (unpaired) electrons. The van der Waals surface area contributed by atoms with E-state index < -0.39 is 17.6 Å². The maximum atomic E-state index is 12.9. The number of halogens is 3. The fraction of sp³-hybridized carbons (Fsp3) is 0.429. The third kappa shape index (κ3) is 6.65. The van der Waals surface area contributed by atoms with Crippen LogP contribution in [0.25, 0.3) is 11.1 Å². The van der Waals surface area contributed by atoms with E-state index in [1.54, 1.807) is 18.3 Å². The zero-order valence-corrected chi connectivity index (χ0v) is 21.5. The first-order valence-electron chi connectivity index (χ1n) is 13.3. The number of nitrogens with two attached hydrogens (primary N) is 1. The summed E-state index contributed by atoms with van der Waals surface area (Å²) < 4.78 is 38.7. The van der Waals surface area contributed by atoms with E-state index in [1.807, 2.05) is 29.2 Å². The highest BCUT2D eigenvalue weighted by atomic mass is 19.4. The van der Waals surface area contributed by atoms with E-state index in [0.29, 0.717) is 24.6 Å². The first-order valence-corrected chi connectivity index (χ1v) is 13.3. The van der Waals surface area contributed by atoms with Gasteiger partial charge in [-0.1, -0.05) is 25.0 Å². The second-order valence-electron chi connectivity index (χ2n) is 10.2. The SMILES string of the molecule is NC(=O)c1cccc(-c2ccnc(NC3CCCCC3NC3CCCN(c4ncc(C(F)(F)F)cn4)C3)c2)c1. The minimum Gasteiger partial charge on any atom is -0.366 e. The second-order valence-corrected chi connectivity index (χ2v) is 10.2. The molecule has 2 fully saturated rings. The molecule has 206 valence electrons. The molecule has 1 aromatic carbocycles. The minimum atomic E-state index is -4.45. The monoisotopic (exact) mass is 539 g/mol. The Morgan fingerprint density at radius 3 is 2.44 bits per heavy atom. The van der Waals surface area contributed by atoms with Crippen molar-refractivity contribution in [2.24, 2.45) is 5.73 Å². The predicted octanol–water partition coefficient (Wildman–Crippen LogP) is 4.64. The van der Waals surface area contributed by atoms with Gasteiger partial charge in [-0.2, -0.15) is 13.2 Å². The molecule has 3 atom stereocenters. The number of carbonyl (C=O) groups is 1. The van der Waals surface area contributed by atoms with Crippen LogP contribution in [0.5, 0.6) is 0 Å². The van der Waals surface area contributed by atoms with E-state index in [2.05, 4.69) is 25.6 Å². The Morgan fingerprint density at radius 2 is 1.69 bits per heavy atom. The van der Waals surface area contributed by atoms with Gasteiger partial charge in [-0.05, 0) is 61.1 Å². The van der Waals surface area contributed by atoms with E-state index in [0.717, 1.165) is 67.9 Å². The van der Waals surface area contributed by atoms with Gasteiger partial charge >= 0.3 is 6.18 Å². The lowest BCUT2D eigenvalue weighted by Gasteiger charge is -2.39. The molecular weight excluding hydrogens is 507 g/mol. The van der Waals surface area contributed by atoms with Crippen LogP contribution in [0.4, 0.5) is 24.9 Å². The average Bonchev–Trinajstić information content (AvgIpc) is 2.94. The second kappa shape index (κ2) is 11.6. The number of hydrogen-bond donors (Lipinski definition) is 3. The zero-order chi connectivity index (χ0) is 27.4. The Hall–Kier alpha value is -3.73. The van der Waals surface area contributed by atoms with E-state index in [9.17, 15) is 18.0 Å². The molecule has 0 spiro atoms. The number of carbonyl (C=O) groups excluding carboxylic acids is 1. The summed E-state index contributed by atoms with van der Waals surface area (Å²) in [5, 5.41) is 7.43. The summed E-state index contributed by atoms with van der Waals surface area (Å²) in [5.41, 5.74) is 6.90. The summed E-state index contributed by atoms with van der Waals surface area (Å²) in [6, 6.07) is 11.7. The Labute approximate surface area is 225 Å². The summed E-state index contributed by atoms with van der Waals surface area (Å²) in [6.45, 7) is 1.35. The molecule has 3 heterocycles. The molecule has 3 aromatic rings. The number of rotatable bonds is 7. The molecule has 1 saturated carbocycles. The number of primary amides is 1. The number of nitrogens with zero attached hydrogens (tertiary/aromatic N) is 4. The van der Waals surface area contributed by atoms with Crippen molar-refractivity contribution in [3.8, 4) is 11.1 Å². The Bertz CT molecular complexity index is 1280. The van der Waals surface area contributed by atoms with E-state index in [-0.39, 0.29) is 18.1 Å². The highest BCUT2D eigenvalue weighted by Crippen LogP contribution is 2.29. The number of hydrogen-bond acceptors (Lipinski definition) is 7. The van der Waals surface area contributed by atoms with Gasteiger partial charge in [0.25, 0.3) is 0 Å². The molecule has 2 aliphatic rings. The van der Waals surface area contributed by atoms with Crippen molar-refractivity contribution in [1.29, 1.82) is 0 Å². The van der Waals surface area contributed by atoms with Crippen LogP contribution in [-0.4, -0.2) is 52.1 Å². The fourth-order valence-electron chi connectivity index (χ4n) is 5.46. The summed E-state index contributed by atoms with van der Waals surface area (Å²) in [7, 11) is 0. The molecule has 2 aromatic heterocycles. The van der Waals surface area contributed by atoms with E-state index in [1.165, 1.54) is 0 Å². The van der Waals surface area contributed by atoms with Crippen LogP contribution >= 0.6 is 0 Å². The summed E-state index contributed by atoms with van der Waals surface area (Å²) in [6.07, 6.45) is 5.15. The molecule has 1 aliphatic heterocycles. The number of nitrogens with one attached hydrogen (secondary N) is 2. The number of benzene rings is 1. The third-order valence-electron chi connectivity index (χ3n) is 7.46. The van der Waals surface area contributed by atoms with Crippen molar-refractivity contribution in [2.45, 2.75) is 62.8 Å². The Kier molecular flexibility index (Phi) is 7.97. The van der Waals surface area contributed by atoms with Gasteiger partial charge in [-0.15, -0.1) is 0 Å². The summed E-state index contributed by atoms with van der Waals surface area (Å²) in [5.74, 6) is 0.625. The van der Waals surface area contributed by atoms with Gasteiger partial charge in [-0.3, -0.25) is 4.79 Å². The highest BCUT2D eigenvalue weighted by Gasteiger charge is 2.33. The van der Waals surface area contributed by atoms with Crippen molar-refractivity contribution in [3.63, 3.8) is 0 Å². The Balaban J connectivity index is 1.24. The van der Waals surface area contributed by atoms with Gasteiger partial charge in [0, 0.05) is 55.4 Å². The third-order valence-corrected chi connectivity index (χ3v) is 7.46. The smallest absolute Gasteiger partial charge is 0.366 e. The number of amides is 1. The maximum absolute atomic E-state index is 12.9. The van der Waals surface area contributed by atoms with E-state index in [4.69, 9.17) is 5.73 Å². The summed E-state index contributed by atoms with van der Waals surface area (Å²) >= 11 is 0. The molecule has 1 amide bonds. The molecular formula is C28H32F3N7O. The molecule has 3 unspecified atom stereocenters. The number of alkyl halides is 3. The largest absolute Gasteiger partial charge is 0.419 e. The lowest BCUT2D eigenvalue weighted by Crippen LogP contribution is -2.55. The average molecular weight is 540 g/mol. The van der Waals surface area contributed by atoms with Gasteiger partial charge in [0.1, 0.15) is 5.82 Å². The van der Waals surface area contributed by atoms with Crippen LogP contribution in [0.2, 0.25) is 0 Å². The first kappa shape index (κ1) is 26.9. The minimum absolute atomic E-state index is 0.174. The molecule has 1 aliphatic carbocycles. The standard InChI is InChI=1S/C28H32F3N7O/c29-28(30,31)21-15-34-27(35-16-21)38-12-4-7-22(17-38)36-23-8-1-2-9-24(23)37-25-14-19(10-11-33-25)18-5-3-6-20(13-18)26(32)39/h3,5-6,10-11,13-16,22-24,36H,1-2,4,7-9,12,17H2,(H2,32,39)(H,33,37). The normalized spacial score (nSPS) is 21.9. The quantitative estimate of drug-likeness (QED) is 0.401. The summed E-state index contributed by atoms with van der Waals surface area (Å²) in [4.78, 5) is 26.1. The van der Waals surface area contributed by atoms with Crippen molar-refractivity contribution in [2.75, 3.05) is 23.3 Å². The molecule has 39 heavy (non-hydrogen) atoms. The number of aromatic nitrogens is 3. The van der Waals surface area contributed by atoms with Crippen molar-refractivity contribution >= 4 is 17.7 Å². The predicted molar refractivity (Wildman–Crippen MR) is 143 cm³/mol. The lowest BCUT2D eigenvalue weighted by atomic mass is 9.89. The zero-order valence-electron chi connectivity index (χ0n) is 21.5. The first-order chi connectivity index (χ1) is 18.8. The van der Waals surface area contributed by atoms with Crippen LogP contribution in [0.1, 0.15) is 54.4 Å². The number of anilines is 2. The lowest BCUT2D eigenvalue weighted by molar-refractivity contribution is -0.138. The van der Waals surface area contributed by atoms with Crippen LogP contribution in [0.15, 0.2) is 55.0 Å². The molecule has 0 bridgehead atoms. The molecule has 11 heteroatoms. The molecule has 5 rings (SSSR count). The fourth-order valence-corrected chi connectivity index (χ4v) is 5.46. The van der Waals surface area contributed by atoms with Crippen LogP contribution in [0.3, 0.4) is 0 Å².